The Morgan fingerprint density at radius 2 is 1.79 bits per heavy atom. The summed E-state index contributed by atoms with van der Waals surface area (Å²) in [6.45, 7) is 0.722. The summed E-state index contributed by atoms with van der Waals surface area (Å²) >= 11 is 0. The van der Waals surface area contributed by atoms with Gasteiger partial charge < -0.3 is 5.32 Å². The Morgan fingerprint density at radius 3 is 2.26 bits per heavy atom. The first-order valence-corrected chi connectivity index (χ1v) is 9.07. The second-order valence-electron chi connectivity index (χ2n) is 4.37. The largest absolute Gasteiger partial charge is 0.385 e. The van der Waals surface area contributed by atoms with Crippen LogP contribution in [0.2, 0.25) is 0 Å². The van der Waals surface area contributed by atoms with E-state index in [1.54, 1.807) is 30.5 Å². The summed E-state index contributed by atoms with van der Waals surface area (Å²) in [4.78, 5) is 0.276. The van der Waals surface area contributed by atoms with E-state index >= 15 is 0 Å². The maximum Gasteiger partial charge on any atom is 0.242 e. The fourth-order valence-corrected chi connectivity index (χ4v) is 2.92. The summed E-state index contributed by atoms with van der Waals surface area (Å²) in [6.07, 6.45) is 2.50. The average Bonchev–Trinajstić information content (AvgIpc) is 2.35. The molecule has 0 amide bonds. The van der Waals surface area contributed by atoms with Gasteiger partial charge in [0.1, 0.15) is 0 Å². The molecule has 0 saturated heterocycles. The van der Waals surface area contributed by atoms with Gasteiger partial charge in [-0.2, -0.15) is 0 Å². The lowest BCUT2D eigenvalue weighted by atomic mass is 10.3. The first kappa shape index (κ1) is 16.1. The molecule has 1 N–H and O–H groups in total. The molecular weight excluding hydrogens is 284 g/mol. The van der Waals surface area contributed by atoms with Crippen molar-refractivity contribution in [2.75, 3.05) is 38.0 Å². The Kier molecular flexibility index (Phi) is 5.96. The van der Waals surface area contributed by atoms with Crippen molar-refractivity contribution in [3.05, 3.63) is 24.3 Å². The van der Waals surface area contributed by atoms with Crippen LogP contribution >= 0.6 is 0 Å². The van der Waals surface area contributed by atoms with E-state index in [1.165, 1.54) is 18.4 Å². The van der Waals surface area contributed by atoms with Crippen LogP contribution in [0.1, 0.15) is 6.42 Å². The molecule has 1 rings (SSSR count). The van der Waals surface area contributed by atoms with Crippen LogP contribution in [0.15, 0.2) is 29.2 Å². The highest BCUT2D eigenvalue weighted by Gasteiger charge is 2.16. The van der Waals surface area contributed by atoms with Crippen molar-refractivity contribution < 1.29 is 12.6 Å². The third-order valence-corrected chi connectivity index (χ3v) is 5.26. The van der Waals surface area contributed by atoms with Crippen molar-refractivity contribution in [3.8, 4) is 0 Å². The Labute approximate surface area is 117 Å². The zero-order valence-corrected chi connectivity index (χ0v) is 13.1. The van der Waals surface area contributed by atoms with Crippen LogP contribution in [0.3, 0.4) is 0 Å². The second-order valence-corrected chi connectivity index (χ2v) is 8.08. The zero-order chi connectivity index (χ0) is 14.5. The van der Waals surface area contributed by atoms with Crippen LogP contribution < -0.4 is 5.32 Å². The Hall–Kier alpha value is -0.920. The molecule has 0 aliphatic rings. The van der Waals surface area contributed by atoms with Gasteiger partial charge in [-0.3, -0.25) is 4.21 Å². The van der Waals surface area contributed by atoms with E-state index in [2.05, 4.69) is 5.32 Å². The molecule has 19 heavy (non-hydrogen) atoms. The van der Waals surface area contributed by atoms with Gasteiger partial charge in [-0.1, -0.05) is 0 Å². The molecule has 1 aromatic carbocycles. The predicted molar refractivity (Wildman–Crippen MR) is 79.4 cm³/mol. The van der Waals surface area contributed by atoms with E-state index in [0.29, 0.717) is 5.75 Å². The number of sulfonamides is 1. The van der Waals surface area contributed by atoms with Crippen LogP contribution in [0.5, 0.6) is 0 Å². The van der Waals surface area contributed by atoms with Gasteiger partial charge in [0, 0.05) is 49.1 Å². The SMILES string of the molecule is CN(C)S(=O)(=O)c1ccc(NCCCS(C)=O)cc1. The first-order chi connectivity index (χ1) is 8.84. The van der Waals surface area contributed by atoms with Crippen LogP contribution in [0.25, 0.3) is 0 Å². The van der Waals surface area contributed by atoms with Gasteiger partial charge >= 0.3 is 0 Å². The highest BCUT2D eigenvalue weighted by Crippen LogP contribution is 2.16. The van der Waals surface area contributed by atoms with Gasteiger partial charge in [-0.05, 0) is 30.7 Å². The third-order valence-electron chi connectivity index (χ3n) is 2.57. The van der Waals surface area contributed by atoms with Gasteiger partial charge in [0.05, 0.1) is 4.90 Å². The quantitative estimate of drug-likeness (QED) is 0.767. The maximum absolute atomic E-state index is 11.9. The topological polar surface area (TPSA) is 66.5 Å². The third kappa shape index (κ3) is 4.93. The number of hydrogen-bond acceptors (Lipinski definition) is 4. The van der Waals surface area contributed by atoms with Crippen LogP contribution in [0, 0.1) is 0 Å². The normalized spacial score (nSPS) is 13.5. The number of nitrogens with zero attached hydrogens (tertiary/aromatic N) is 1. The van der Waals surface area contributed by atoms with E-state index in [-0.39, 0.29) is 4.90 Å². The zero-order valence-electron chi connectivity index (χ0n) is 11.4. The van der Waals surface area contributed by atoms with Crippen molar-refractivity contribution in [1.29, 1.82) is 0 Å². The molecule has 0 aliphatic carbocycles. The maximum atomic E-state index is 11.9. The molecule has 1 unspecified atom stereocenters. The molecule has 1 aromatic rings. The molecule has 1 atom stereocenters. The minimum Gasteiger partial charge on any atom is -0.385 e. The molecule has 0 aliphatic heterocycles. The van der Waals surface area contributed by atoms with Gasteiger partial charge in [-0.15, -0.1) is 0 Å². The molecule has 0 heterocycles. The summed E-state index contributed by atoms with van der Waals surface area (Å²) < 4.78 is 35.8. The van der Waals surface area contributed by atoms with Crippen LogP contribution in [0.4, 0.5) is 5.69 Å². The summed E-state index contributed by atoms with van der Waals surface area (Å²) in [5, 5.41) is 3.17. The lowest BCUT2D eigenvalue weighted by Crippen LogP contribution is -2.22. The van der Waals surface area contributed by atoms with Crippen molar-refractivity contribution in [3.63, 3.8) is 0 Å². The molecule has 0 bridgehead atoms. The molecule has 0 fully saturated rings. The molecule has 0 aromatic heterocycles. The smallest absolute Gasteiger partial charge is 0.242 e. The lowest BCUT2D eigenvalue weighted by Gasteiger charge is -2.12. The summed E-state index contributed by atoms with van der Waals surface area (Å²) in [7, 11) is -1.12. The fourth-order valence-electron chi connectivity index (χ4n) is 1.46. The minimum absolute atomic E-state index is 0.276. The summed E-state index contributed by atoms with van der Waals surface area (Å²) in [5.74, 6) is 0.667. The predicted octanol–water partition coefficient (Wildman–Crippen LogP) is 1.12. The standard InChI is InChI=1S/C12H20N2O3S2/c1-14(2)19(16,17)12-7-5-11(6-8-12)13-9-4-10-18(3)15/h5-8,13H,4,9-10H2,1-3H3. The Morgan fingerprint density at radius 1 is 1.21 bits per heavy atom. The van der Waals surface area contributed by atoms with Crippen LogP contribution in [-0.4, -0.2) is 49.6 Å². The summed E-state index contributed by atoms with van der Waals surface area (Å²) in [6, 6.07) is 6.63. The number of benzene rings is 1. The van der Waals surface area contributed by atoms with Gasteiger partial charge in [0.15, 0.2) is 0 Å². The van der Waals surface area contributed by atoms with Crippen molar-refractivity contribution in [1.82, 2.24) is 4.31 Å². The number of anilines is 1. The van der Waals surface area contributed by atoms with Crippen molar-refractivity contribution >= 4 is 26.5 Å². The van der Waals surface area contributed by atoms with Gasteiger partial charge in [-0.25, -0.2) is 12.7 Å². The molecule has 0 radical (unpaired) electrons. The second kappa shape index (κ2) is 7.02. The van der Waals surface area contributed by atoms with E-state index in [9.17, 15) is 12.6 Å². The average molecular weight is 304 g/mol. The number of hydrogen-bond donors (Lipinski definition) is 1. The highest BCUT2D eigenvalue weighted by molar-refractivity contribution is 7.89. The molecule has 7 heteroatoms. The van der Waals surface area contributed by atoms with Crippen molar-refractivity contribution in [2.45, 2.75) is 11.3 Å². The molecular formula is C12H20N2O3S2. The van der Waals surface area contributed by atoms with E-state index in [0.717, 1.165) is 18.7 Å². The van der Waals surface area contributed by atoms with Crippen molar-refractivity contribution in [2.24, 2.45) is 0 Å². The van der Waals surface area contributed by atoms with Gasteiger partial charge in [0.2, 0.25) is 10.0 Å². The van der Waals surface area contributed by atoms with E-state index in [1.807, 2.05) is 0 Å². The number of rotatable bonds is 7. The first-order valence-electron chi connectivity index (χ1n) is 5.90. The molecule has 108 valence electrons. The Bertz CT molecular complexity index is 524. The number of nitrogens with one attached hydrogen (secondary N) is 1. The Balaban J connectivity index is 2.60. The minimum atomic E-state index is -3.36. The van der Waals surface area contributed by atoms with Gasteiger partial charge in [0.25, 0.3) is 0 Å². The highest BCUT2D eigenvalue weighted by atomic mass is 32.2. The lowest BCUT2D eigenvalue weighted by molar-refractivity contribution is 0.521. The van der Waals surface area contributed by atoms with E-state index in [4.69, 9.17) is 0 Å². The summed E-state index contributed by atoms with van der Waals surface area (Å²) in [5.41, 5.74) is 0.861. The molecule has 0 spiro atoms. The fraction of sp³-hybridized carbons (Fsp3) is 0.500. The molecule has 5 nitrogen and oxygen atoms in total. The van der Waals surface area contributed by atoms with Crippen LogP contribution in [-0.2, 0) is 20.8 Å². The monoisotopic (exact) mass is 304 g/mol. The van der Waals surface area contributed by atoms with E-state index < -0.39 is 20.8 Å². The molecule has 0 saturated carbocycles.